The third kappa shape index (κ3) is 4.32. The van der Waals surface area contributed by atoms with Gasteiger partial charge in [0.25, 0.3) is 0 Å². The van der Waals surface area contributed by atoms with Gasteiger partial charge in [-0.05, 0) is 43.7 Å². The molecule has 32 heavy (non-hydrogen) atoms. The maximum atomic E-state index is 13.2. The lowest BCUT2D eigenvalue weighted by Gasteiger charge is -2.36. The normalized spacial score (nSPS) is 15.9. The second-order valence-electron chi connectivity index (χ2n) is 6.77. The van der Waals surface area contributed by atoms with Crippen molar-refractivity contribution in [2.75, 3.05) is 18.1 Å². The van der Waals surface area contributed by atoms with Crippen LogP contribution in [0.2, 0.25) is 5.02 Å². The first kappa shape index (κ1) is 22.9. The molecule has 0 amide bonds. The molecule has 2 N–H and O–H groups in total. The van der Waals surface area contributed by atoms with Gasteiger partial charge in [-0.2, -0.15) is 5.26 Å². The summed E-state index contributed by atoms with van der Waals surface area (Å²) < 4.78 is 10.6. The van der Waals surface area contributed by atoms with E-state index in [9.17, 15) is 14.9 Å². The van der Waals surface area contributed by atoms with Crippen LogP contribution in [-0.4, -0.2) is 25.2 Å². The number of benzene rings is 2. The van der Waals surface area contributed by atoms with E-state index >= 15 is 0 Å². The second kappa shape index (κ2) is 10.0. The van der Waals surface area contributed by atoms with Gasteiger partial charge in [-0.25, -0.2) is 9.59 Å². The highest BCUT2D eigenvalue weighted by molar-refractivity contribution is 6.30. The topological polar surface area (TPSA) is 106 Å². The number of halogens is 1. The molecular weight excluding hydrogens is 430 g/mol. The van der Waals surface area contributed by atoms with Crippen LogP contribution in [0.3, 0.4) is 0 Å². The standard InChI is InChI=1S/C24H22ClN3O4/c1-3-31-23(29)20-19(15-10-12-16(25)13-11-15)18(14-26)22(27)28(17-8-6-5-7-9-17)21(20)24(30)32-4-2/h5-13,19H,3-4,27H2,1-2H3. The summed E-state index contributed by atoms with van der Waals surface area (Å²) in [5, 5.41) is 10.5. The molecule has 0 aromatic heterocycles. The first-order chi connectivity index (χ1) is 15.4. The molecule has 0 aliphatic carbocycles. The van der Waals surface area contributed by atoms with Crippen LogP contribution in [0.5, 0.6) is 0 Å². The Balaban J connectivity index is 2.38. The molecule has 0 radical (unpaired) electrons. The molecule has 2 aromatic rings. The molecule has 1 aliphatic heterocycles. The molecule has 0 saturated heterocycles. The van der Waals surface area contributed by atoms with Gasteiger partial charge in [-0.3, -0.25) is 4.90 Å². The van der Waals surface area contributed by atoms with Crippen molar-refractivity contribution in [1.29, 1.82) is 5.26 Å². The monoisotopic (exact) mass is 451 g/mol. The maximum absolute atomic E-state index is 13.2. The second-order valence-corrected chi connectivity index (χ2v) is 7.21. The molecular formula is C24H22ClN3O4. The molecule has 0 spiro atoms. The third-order valence-corrected chi connectivity index (χ3v) is 5.13. The van der Waals surface area contributed by atoms with Gasteiger partial charge in [0.1, 0.15) is 11.5 Å². The fraction of sp³-hybridized carbons (Fsp3) is 0.208. The van der Waals surface area contributed by atoms with E-state index in [1.54, 1.807) is 68.4 Å². The Morgan fingerprint density at radius 1 is 1.03 bits per heavy atom. The average Bonchev–Trinajstić information content (AvgIpc) is 2.79. The van der Waals surface area contributed by atoms with Crippen LogP contribution in [0.4, 0.5) is 5.69 Å². The van der Waals surface area contributed by atoms with Crippen LogP contribution < -0.4 is 10.6 Å². The molecule has 3 rings (SSSR count). The van der Waals surface area contributed by atoms with Gasteiger partial charge in [0.15, 0.2) is 0 Å². The molecule has 164 valence electrons. The highest BCUT2D eigenvalue weighted by atomic mass is 35.5. The number of esters is 2. The summed E-state index contributed by atoms with van der Waals surface area (Å²) in [4.78, 5) is 27.7. The van der Waals surface area contributed by atoms with Crippen molar-refractivity contribution in [1.82, 2.24) is 0 Å². The van der Waals surface area contributed by atoms with E-state index in [1.807, 2.05) is 0 Å². The van der Waals surface area contributed by atoms with Crippen LogP contribution in [0, 0.1) is 11.3 Å². The van der Waals surface area contributed by atoms with E-state index < -0.39 is 17.9 Å². The zero-order valence-electron chi connectivity index (χ0n) is 17.7. The van der Waals surface area contributed by atoms with Crippen LogP contribution in [-0.2, 0) is 19.1 Å². The largest absolute Gasteiger partial charge is 0.463 e. The lowest BCUT2D eigenvalue weighted by Crippen LogP contribution is -2.41. The van der Waals surface area contributed by atoms with E-state index in [2.05, 4.69) is 6.07 Å². The van der Waals surface area contributed by atoms with Crippen LogP contribution in [0.25, 0.3) is 0 Å². The van der Waals surface area contributed by atoms with Crippen molar-refractivity contribution in [2.24, 2.45) is 5.73 Å². The van der Waals surface area contributed by atoms with Gasteiger partial charge in [-0.1, -0.05) is 41.9 Å². The predicted molar refractivity (Wildman–Crippen MR) is 120 cm³/mol. The Hall–Kier alpha value is -3.76. The Kier molecular flexibility index (Phi) is 7.18. The Morgan fingerprint density at radius 2 is 1.62 bits per heavy atom. The minimum atomic E-state index is -0.935. The van der Waals surface area contributed by atoms with Gasteiger partial charge in [-0.15, -0.1) is 0 Å². The van der Waals surface area contributed by atoms with Gasteiger partial charge >= 0.3 is 11.9 Å². The summed E-state index contributed by atoms with van der Waals surface area (Å²) in [6.07, 6.45) is 0. The smallest absolute Gasteiger partial charge is 0.355 e. The van der Waals surface area contributed by atoms with Gasteiger partial charge < -0.3 is 15.2 Å². The number of allylic oxidation sites excluding steroid dienone is 1. The molecule has 1 aliphatic rings. The van der Waals surface area contributed by atoms with E-state index in [1.165, 1.54) is 4.90 Å². The number of rotatable bonds is 6. The summed E-state index contributed by atoms with van der Waals surface area (Å²) in [5.74, 6) is -2.40. The van der Waals surface area contributed by atoms with Crippen LogP contribution in [0.15, 0.2) is 77.3 Å². The molecule has 1 heterocycles. The number of para-hydroxylation sites is 1. The summed E-state index contributed by atoms with van der Waals surface area (Å²) in [7, 11) is 0. The first-order valence-corrected chi connectivity index (χ1v) is 10.4. The van der Waals surface area contributed by atoms with Crippen LogP contribution >= 0.6 is 11.6 Å². The van der Waals surface area contributed by atoms with E-state index in [0.29, 0.717) is 16.3 Å². The van der Waals surface area contributed by atoms with Gasteiger partial charge in [0.2, 0.25) is 0 Å². The third-order valence-electron chi connectivity index (χ3n) is 4.88. The highest BCUT2D eigenvalue weighted by Crippen LogP contribution is 2.43. The fourth-order valence-corrected chi connectivity index (χ4v) is 3.70. The van der Waals surface area contributed by atoms with Gasteiger partial charge in [0.05, 0.1) is 36.3 Å². The molecule has 8 heteroatoms. The van der Waals surface area contributed by atoms with Crippen molar-refractivity contribution >= 4 is 29.2 Å². The average molecular weight is 452 g/mol. The lowest BCUT2D eigenvalue weighted by molar-refractivity contribution is -0.142. The van der Waals surface area contributed by atoms with Crippen molar-refractivity contribution in [3.05, 3.63) is 87.8 Å². The van der Waals surface area contributed by atoms with E-state index in [0.717, 1.165) is 0 Å². The number of carbonyl (C=O) groups excluding carboxylic acids is 2. The number of nitrogens with two attached hydrogens (primary N) is 1. The summed E-state index contributed by atoms with van der Waals surface area (Å²) in [6.45, 7) is 3.49. The Labute approximate surface area is 191 Å². The fourth-order valence-electron chi connectivity index (χ4n) is 3.57. The number of anilines is 1. The lowest BCUT2D eigenvalue weighted by atomic mass is 9.81. The minimum Gasteiger partial charge on any atom is -0.463 e. The molecule has 0 fully saturated rings. The zero-order valence-corrected chi connectivity index (χ0v) is 18.4. The summed E-state index contributed by atoms with van der Waals surface area (Å²) >= 11 is 6.03. The molecule has 2 aromatic carbocycles. The number of nitriles is 1. The van der Waals surface area contributed by atoms with Gasteiger partial charge in [0, 0.05) is 10.7 Å². The SMILES string of the molecule is CCOC(=O)C1=C(C(=O)OCC)N(c2ccccc2)C(N)=C(C#N)C1c1ccc(Cl)cc1. The van der Waals surface area contributed by atoms with Crippen LogP contribution in [0.1, 0.15) is 25.3 Å². The van der Waals surface area contributed by atoms with Crippen molar-refractivity contribution in [3.8, 4) is 6.07 Å². The molecule has 1 unspecified atom stereocenters. The number of nitrogens with zero attached hydrogens (tertiary/aromatic N) is 2. The minimum absolute atomic E-state index is 0.0229. The Bertz CT molecular complexity index is 1120. The zero-order chi connectivity index (χ0) is 23.3. The summed E-state index contributed by atoms with van der Waals surface area (Å²) in [5.41, 5.74) is 7.49. The molecule has 0 bridgehead atoms. The number of ether oxygens (including phenoxy) is 2. The predicted octanol–water partition coefficient (Wildman–Crippen LogP) is 4.02. The number of hydrogen-bond donors (Lipinski definition) is 1. The van der Waals surface area contributed by atoms with E-state index in [4.69, 9.17) is 26.8 Å². The molecule has 1 atom stereocenters. The number of carbonyl (C=O) groups is 2. The summed E-state index contributed by atoms with van der Waals surface area (Å²) in [6, 6.07) is 17.5. The maximum Gasteiger partial charge on any atom is 0.355 e. The number of hydrogen-bond acceptors (Lipinski definition) is 7. The van der Waals surface area contributed by atoms with Crippen molar-refractivity contribution in [2.45, 2.75) is 19.8 Å². The van der Waals surface area contributed by atoms with E-state index in [-0.39, 0.29) is 35.9 Å². The first-order valence-electron chi connectivity index (χ1n) is 10.0. The molecule has 7 nitrogen and oxygen atoms in total. The van der Waals surface area contributed by atoms with Crippen molar-refractivity contribution in [3.63, 3.8) is 0 Å². The quantitative estimate of drug-likeness (QED) is 0.661. The Morgan fingerprint density at radius 3 is 2.19 bits per heavy atom. The highest BCUT2D eigenvalue weighted by Gasteiger charge is 2.43. The molecule has 0 saturated carbocycles. The van der Waals surface area contributed by atoms with Crippen molar-refractivity contribution < 1.29 is 19.1 Å².